The Hall–Kier alpha value is -1.38. The molecule has 1 aromatic carbocycles. The lowest BCUT2D eigenvalue weighted by atomic mass is 9.94. The summed E-state index contributed by atoms with van der Waals surface area (Å²) in [7, 11) is 2.20. The zero-order chi connectivity index (χ0) is 14.7. The first-order valence-corrected chi connectivity index (χ1v) is 7.97. The van der Waals surface area contributed by atoms with Crippen molar-refractivity contribution in [2.45, 2.75) is 25.2 Å². The highest BCUT2D eigenvalue weighted by atomic mass is 35.5. The SMILES string of the molecule is CN1CCCC(c2cccc(Cc3ccc(Cl)cc3)n2)C1. The van der Waals surface area contributed by atoms with Crippen LogP contribution in [0.3, 0.4) is 0 Å². The van der Waals surface area contributed by atoms with Crippen LogP contribution in [0.2, 0.25) is 5.02 Å². The standard InChI is InChI=1S/C18H21ClN2/c1-21-11-3-4-15(13-21)18-6-2-5-17(20-18)12-14-7-9-16(19)10-8-14/h2,5-10,15H,3-4,11-13H2,1H3. The van der Waals surface area contributed by atoms with E-state index in [4.69, 9.17) is 16.6 Å². The van der Waals surface area contributed by atoms with Gasteiger partial charge in [0.1, 0.15) is 0 Å². The van der Waals surface area contributed by atoms with Gasteiger partial charge in [0.05, 0.1) is 0 Å². The molecule has 1 aliphatic rings. The van der Waals surface area contributed by atoms with Crippen molar-refractivity contribution in [3.05, 3.63) is 64.4 Å². The second-order valence-corrected chi connectivity index (χ2v) is 6.39. The van der Waals surface area contributed by atoms with Gasteiger partial charge >= 0.3 is 0 Å². The van der Waals surface area contributed by atoms with Crippen molar-refractivity contribution in [2.75, 3.05) is 20.1 Å². The number of rotatable bonds is 3. The summed E-state index contributed by atoms with van der Waals surface area (Å²) >= 11 is 5.93. The Morgan fingerprint density at radius 1 is 1.19 bits per heavy atom. The highest BCUT2D eigenvalue weighted by Crippen LogP contribution is 2.25. The number of benzene rings is 1. The summed E-state index contributed by atoms with van der Waals surface area (Å²) in [6.45, 7) is 2.33. The van der Waals surface area contributed by atoms with Crippen LogP contribution in [-0.2, 0) is 6.42 Å². The first kappa shape index (κ1) is 14.6. The predicted molar refractivity (Wildman–Crippen MR) is 88.0 cm³/mol. The van der Waals surface area contributed by atoms with Gasteiger partial charge in [0.15, 0.2) is 0 Å². The Kier molecular flexibility index (Phi) is 4.57. The van der Waals surface area contributed by atoms with E-state index >= 15 is 0 Å². The van der Waals surface area contributed by atoms with Crippen LogP contribution in [0, 0.1) is 0 Å². The van der Waals surface area contributed by atoms with Crippen LogP contribution in [0.5, 0.6) is 0 Å². The number of aromatic nitrogens is 1. The van der Waals surface area contributed by atoms with Crippen LogP contribution in [0.25, 0.3) is 0 Å². The van der Waals surface area contributed by atoms with Crippen molar-refractivity contribution >= 4 is 11.6 Å². The molecule has 21 heavy (non-hydrogen) atoms. The number of hydrogen-bond acceptors (Lipinski definition) is 2. The summed E-state index contributed by atoms with van der Waals surface area (Å²) in [5, 5.41) is 0.783. The minimum atomic E-state index is 0.578. The largest absolute Gasteiger partial charge is 0.306 e. The molecule has 1 saturated heterocycles. The van der Waals surface area contributed by atoms with Crippen LogP contribution in [0.15, 0.2) is 42.5 Å². The lowest BCUT2D eigenvalue weighted by Gasteiger charge is -2.29. The minimum Gasteiger partial charge on any atom is -0.306 e. The first-order chi connectivity index (χ1) is 10.2. The van der Waals surface area contributed by atoms with E-state index in [1.165, 1.54) is 30.6 Å². The Morgan fingerprint density at radius 2 is 2.00 bits per heavy atom. The van der Waals surface area contributed by atoms with Gasteiger partial charge in [0.2, 0.25) is 0 Å². The molecule has 2 aromatic rings. The highest BCUT2D eigenvalue weighted by molar-refractivity contribution is 6.30. The normalized spacial score (nSPS) is 19.6. The number of hydrogen-bond donors (Lipinski definition) is 0. The molecule has 1 aliphatic heterocycles. The van der Waals surface area contributed by atoms with Gasteiger partial charge in [-0.25, -0.2) is 0 Å². The lowest BCUT2D eigenvalue weighted by molar-refractivity contribution is 0.248. The third-order valence-corrected chi connectivity index (χ3v) is 4.42. The zero-order valence-corrected chi connectivity index (χ0v) is 13.2. The highest BCUT2D eigenvalue weighted by Gasteiger charge is 2.20. The fourth-order valence-electron chi connectivity index (χ4n) is 3.04. The van der Waals surface area contributed by atoms with Gasteiger partial charge in [-0.3, -0.25) is 4.98 Å². The van der Waals surface area contributed by atoms with Crippen molar-refractivity contribution < 1.29 is 0 Å². The summed E-state index contributed by atoms with van der Waals surface area (Å²) in [5.41, 5.74) is 3.64. The van der Waals surface area contributed by atoms with Crippen LogP contribution in [-0.4, -0.2) is 30.0 Å². The van der Waals surface area contributed by atoms with Gasteiger partial charge in [0, 0.05) is 35.3 Å². The third-order valence-electron chi connectivity index (χ3n) is 4.17. The average molecular weight is 301 g/mol. The lowest BCUT2D eigenvalue weighted by Crippen LogP contribution is -2.31. The molecule has 110 valence electrons. The van der Waals surface area contributed by atoms with Crippen molar-refractivity contribution in [3.8, 4) is 0 Å². The predicted octanol–water partition coefficient (Wildman–Crippen LogP) is 4.14. The van der Waals surface area contributed by atoms with Crippen molar-refractivity contribution in [2.24, 2.45) is 0 Å². The van der Waals surface area contributed by atoms with Gasteiger partial charge in [-0.2, -0.15) is 0 Å². The maximum atomic E-state index is 5.93. The Labute approximate surface area is 131 Å². The topological polar surface area (TPSA) is 16.1 Å². The Balaban J connectivity index is 1.75. The molecule has 0 N–H and O–H groups in total. The molecule has 0 radical (unpaired) electrons. The van der Waals surface area contributed by atoms with Gasteiger partial charge in [-0.1, -0.05) is 29.8 Å². The minimum absolute atomic E-state index is 0.578. The molecule has 1 atom stereocenters. The quantitative estimate of drug-likeness (QED) is 0.847. The smallest absolute Gasteiger partial charge is 0.0450 e. The van der Waals surface area contributed by atoms with Gasteiger partial charge in [-0.15, -0.1) is 0 Å². The maximum Gasteiger partial charge on any atom is 0.0450 e. The summed E-state index contributed by atoms with van der Waals surface area (Å²) in [6, 6.07) is 14.5. The molecular formula is C18H21ClN2. The van der Waals surface area contributed by atoms with Crippen LogP contribution in [0.1, 0.15) is 35.7 Å². The Bertz CT molecular complexity index is 594. The van der Waals surface area contributed by atoms with E-state index in [1.807, 2.05) is 12.1 Å². The van der Waals surface area contributed by atoms with Gasteiger partial charge in [-0.05, 0) is 56.3 Å². The van der Waals surface area contributed by atoms with E-state index in [9.17, 15) is 0 Å². The van der Waals surface area contributed by atoms with Crippen molar-refractivity contribution in [1.29, 1.82) is 0 Å². The third kappa shape index (κ3) is 3.84. The van der Waals surface area contributed by atoms with E-state index in [2.05, 4.69) is 42.3 Å². The molecule has 0 aliphatic carbocycles. The number of nitrogens with zero attached hydrogens (tertiary/aromatic N) is 2. The van der Waals surface area contributed by atoms with Crippen LogP contribution in [0.4, 0.5) is 0 Å². The number of halogens is 1. The first-order valence-electron chi connectivity index (χ1n) is 7.59. The monoisotopic (exact) mass is 300 g/mol. The number of likely N-dealkylation sites (tertiary alicyclic amines) is 1. The molecule has 0 amide bonds. The van der Waals surface area contributed by atoms with E-state index in [-0.39, 0.29) is 0 Å². The molecule has 3 rings (SSSR count). The van der Waals surface area contributed by atoms with Gasteiger partial charge < -0.3 is 4.90 Å². The number of likely N-dealkylation sites (N-methyl/N-ethyl adjacent to an activating group) is 1. The number of piperidine rings is 1. The Morgan fingerprint density at radius 3 is 2.76 bits per heavy atom. The summed E-state index contributed by atoms with van der Waals surface area (Å²) in [5.74, 6) is 0.578. The van der Waals surface area contributed by atoms with E-state index < -0.39 is 0 Å². The number of pyridine rings is 1. The molecule has 1 aromatic heterocycles. The second kappa shape index (κ2) is 6.59. The van der Waals surface area contributed by atoms with E-state index in [1.54, 1.807) is 0 Å². The van der Waals surface area contributed by atoms with Crippen molar-refractivity contribution in [1.82, 2.24) is 9.88 Å². The molecule has 3 heteroatoms. The molecule has 2 nitrogen and oxygen atoms in total. The fourth-order valence-corrected chi connectivity index (χ4v) is 3.17. The molecule has 0 spiro atoms. The molecule has 0 saturated carbocycles. The summed E-state index contributed by atoms with van der Waals surface area (Å²) < 4.78 is 0. The molecule has 1 unspecified atom stereocenters. The second-order valence-electron chi connectivity index (χ2n) is 5.96. The average Bonchev–Trinajstić information content (AvgIpc) is 2.50. The fraction of sp³-hybridized carbons (Fsp3) is 0.389. The van der Waals surface area contributed by atoms with E-state index in [0.717, 1.165) is 23.7 Å². The summed E-state index contributed by atoms with van der Waals surface area (Å²) in [4.78, 5) is 7.29. The van der Waals surface area contributed by atoms with Gasteiger partial charge in [0.25, 0.3) is 0 Å². The van der Waals surface area contributed by atoms with Crippen LogP contribution < -0.4 is 0 Å². The molecular weight excluding hydrogens is 280 g/mol. The van der Waals surface area contributed by atoms with Crippen molar-refractivity contribution in [3.63, 3.8) is 0 Å². The molecule has 0 bridgehead atoms. The molecule has 1 fully saturated rings. The zero-order valence-electron chi connectivity index (χ0n) is 12.4. The molecule has 2 heterocycles. The summed E-state index contributed by atoms with van der Waals surface area (Å²) in [6.07, 6.45) is 3.39. The van der Waals surface area contributed by atoms with E-state index in [0.29, 0.717) is 5.92 Å². The van der Waals surface area contributed by atoms with Crippen LogP contribution >= 0.6 is 11.6 Å². The maximum absolute atomic E-state index is 5.93.